The highest BCUT2D eigenvalue weighted by Crippen LogP contribution is 2.19. The van der Waals surface area contributed by atoms with Crippen molar-refractivity contribution in [3.63, 3.8) is 0 Å². The van der Waals surface area contributed by atoms with Gasteiger partial charge >= 0.3 is 0 Å². The van der Waals surface area contributed by atoms with E-state index in [1.807, 2.05) is 0 Å². The van der Waals surface area contributed by atoms with Gasteiger partial charge in [0.2, 0.25) is 5.91 Å². The molecule has 5 nitrogen and oxygen atoms in total. The Labute approximate surface area is 133 Å². The molecule has 114 valence electrons. The summed E-state index contributed by atoms with van der Waals surface area (Å²) in [5.41, 5.74) is 3.20. The topological polar surface area (TPSA) is 53.9 Å². The normalized spacial score (nSPS) is 16.3. The molecule has 0 spiro atoms. The summed E-state index contributed by atoms with van der Waals surface area (Å²) >= 11 is 11.8. The minimum atomic E-state index is -0.122. The van der Waals surface area contributed by atoms with Gasteiger partial charge in [0.15, 0.2) is 0 Å². The second-order valence-electron chi connectivity index (χ2n) is 4.66. The van der Waals surface area contributed by atoms with Crippen LogP contribution in [0.5, 0.6) is 0 Å². The first-order valence-electron chi connectivity index (χ1n) is 6.72. The van der Waals surface area contributed by atoms with Crippen LogP contribution in [0.4, 0.5) is 0 Å². The molecule has 7 heteroatoms. The molecule has 1 aliphatic heterocycles. The standard InChI is InChI=1S/C14H17Cl2N3O2/c15-12-2-1-11(13(16)9-12)10-17-18-14(20)3-4-19-5-7-21-8-6-19/h1-2,9-10H,3-8H2,(H,18,20)/b17-10-. The molecule has 0 bridgehead atoms. The second kappa shape index (κ2) is 8.34. The van der Waals surface area contributed by atoms with Crippen LogP contribution in [0, 0.1) is 0 Å². The Bertz CT molecular complexity index is 517. The summed E-state index contributed by atoms with van der Waals surface area (Å²) < 4.78 is 5.25. The zero-order valence-electron chi connectivity index (χ0n) is 11.5. The number of hydrazone groups is 1. The summed E-state index contributed by atoms with van der Waals surface area (Å²) in [6.07, 6.45) is 1.91. The van der Waals surface area contributed by atoms with Gasteiger partial charge in [-0.25, -0.2) is 5.43 Å². The molecular formula is C14H17Cl2N3O2. The SMILES string of the molecule is O=C(CCN1CCOCC1)N/N=C\c1ccc(Cl)cc1Cl. The molecule has 0 aromatic heterocycles. The van der Waals surface area contributed by atoms with Gasteiger partial charge < -0.3 is 4.74 Å². The third-order valence-electron chi connectivity index (χ3n) is 3.11. The van der Waals surface area contributed by atoms with E-state index in [0.29, 0.717) is 28.6 Å². The largest absolute Gasteiger partial charge is 0.379 e. The quantitative estimate of drug-likeness (QED) is 0.665. The van der Waals surface area contributed by atoms with Gasteiger partial charge in [-0.3, -0.25) is 9.69 Å². The number of hydrogen-bond donors (Lipinski definition) is 1. The van der Waals surface area contributed by atoms with Crippen molar-refractivity contribution >= 4 is 35.3 Å². The van der Waals surface area contributed by atoms with Crippen LogP contribution in [0.1, 0.15) is 12.0 Å². The number of morpholine rings is 1. The van der Waals surface area contributed by atoms with Crippen LogP contribution >= 0.6 is 23.2 Å². The van der Waals surface area contributed by atoms with Crippen LogP contribution in [0.3, 0.4) is 0 Å². The lowest BCUT2D eigenvalue weighted by Gasteiger charge is -2.25. The van der Waals surface area contributed by atoms with Crippen molar-refractivity contribution < 1.29 is 9.53 Å². The third kappa shape index (κ3) is 5.63. The molecule has 21 heavy (non-hydrogen) atoms. The predicted molar refractivity (Wildman–Crippen MR) is 84.1 cm³/mol. The van der Waals surface area contributed by atoms with Crippen LogP contribution in [0.25, 0.3) is 0 Å². The highest BCUT2D eigenvalue weighted by atomic mass is 35.5. The van der Waals surface area contributed by atoms with Gasteiger partial charge in [0.1, 0.15) is 0 Å². The molecule has 1 heterocycles. The summed E-state index contributed by atoms with van der Waals surface area (Å²) in [7, 11) is 0. The maximum Gasteiger partial charge on any atom is 0.241 e. The number of ether oxygens (including phenoxy) is 1. The number of carbonyl (C=O) groups is 1. The highest BCUT2D eigenvalue weighted by molar-refractivity contribution is 6.36. The van der Waals surface area contributed by atoms with Gasteiger partial charge in [0, 0.05) is 36.6 Å². The number of rotatable bonds is 5. The van der Waals surface area contributed by atoms with E-state index in [1.54, 1.807) is 18.2 Å². The number of carbonyl (C=O) groups excluding carboxylic acids is 1. The average molecular weight is 330 g/mol. The van der Waals surface area contributed by atoms with Crippen molar-refractivity contribution in [2.24, 2.45) is 5.10 Å². The molecule has 0 radical (unpaired) electrons. The zero-order valence-corrected chi connectivity index (χ0v) is 13.0. The van der Waals surface area contributed by atoms with Gasteiger partial charge in [0.05, 0.1) is 24.5 Å². The van der Waals surface area contributed by atoms with Crippen molar-refractivity contribution in [1.29, 1.82) is 0 Å². The number of halogens is 2. The Morgan fingerprint density at radius 2 is 2.14 bits per heavy atom. The van der Waals surface area contributed by atoms with Crippen molar-refractivity contribution in [3.8, 4) is 0 Å². The molecule has 1 amide bonds. The van der Waals surface area contributed by atoms with E-state index in [9.17, 15) is 4.79 Å². The molecule has 2 rings (SSSR count). The fourth-order valence-corrected chi connectivity index (χ4v) is 2.38. The second-order valence-corrected chi connectivity index (χ2v) is 5.51. The molecule has 1 aliphatic rings. The number of hydrogen-bond acceptors (Lipinski definition) is 4. The van der Waals surface area contributed by atoms with E-state index in [0.717, 1.165) is 26.3 Å². The lowest BCUT2D eigenvalue weighted by Crippen LogP contribution is -2.38. The molecule has 1 fully saturated rings. The number of nitrogens with zero attached hydrogens (tertiary/aromatic N) is 2. The molecule has 1 aromatic carbocycles. The van der Waals surface area contributed by atoms with Crippen molar-refractivity contribution in [2.45, 2.75) is 6.42 Å². The van der Waals surface area contributed by atoms with E-state index < -0.39 is 0 Å². The van der Waals surface area contributed by atoms with E-state index >= 15 is 0 Å². The Balaban J connectivity index is 1.73. The van der Waals surface area contributed by atoms with Gasteiger partial charge in [-0.15, -0.1) is 0 Å². The Morgan fingerprint density at radius 3 is 2.86 bits per heavy atom. The smallest absolute Gasteiger partial charge is 0.241 e. The zero-order chi connectivity index (χ0) is 15.1. The fraction of sp³-hybridized carbons (Fsp3) is 0.429. The van der Waals surface area contributed by atoms with Crippen molar-refractivity contribution in [1.82, 2.24) is 10.3 Å². The number of amides is 1. The van der Waals surface area contributed by atoms with Crippen LogP contribution in [0.2, 0.25) is 10.0 Å². The highest BCUT2D eigenvalue weighted by Gasteiger charge is 2.11. The third-order valence-corrected chi connectivity index (χ3v) is 3.68. The van der Waals surface area contributed by atoms with Gasteiger partial charge in [-0.1, -0.05) is 29.3 Å². The first-order valence-corrected chi connectivity index (χ1v) is 7.48. The van der Waals surface area contributed by atoms with E-state index in [-0.39, 0.29) is 5.91 Å². The summed E-state index contributed by atoms with van der Waals surface area (Å²) in [6.45, 7) is 3.92. The molecule has 1 aromatic rings. The van der Waals surface area contributed by atoms with Gasteiger partial charge in [-0.05, 0) is 12.1 Å². The van der Waals surface area contributed by atoms with Crippen molar-refractivity contribution in [3.05, 3.63) is 33.8 Å². The predicted octanol–water partition coefficient (Wildman–Crippen LogP) is 2.17. The van der Waals surface area contributed by atoms with Gasteiger partial charge in [-0.2, -0.15) is 5.10 Å². The van der Waals surface area contributed by atoms with E-state index in [1.165, 1.54) is 6.21 Å². The van der Waals surface area contributed by atoms with Gasteiger partial charge in [0.25, 0.3) is 0 Å². The lowest BCUT2D eigenvalue weighted by atomic mass is 10.2. The van der Waals surface area contributed by atoms with Crippen LogP contribution in [0.15, 0.2) is 23.3 Å². The Hall–Kier alpha value is -1.14. The maximum atomic E-state index is 11.7. The molecular weight excluding hydrogens is 313 g/mol. The number of benzene rings is 1. The first-order chi connectivity index (χ1) is 10.1. The molecule has 0 saturated carbocycles. The molecule has 0 aliphatic carbocycles. The average Bonchev–Trinajstić information content (AvgIpc) is 2.48. The number of nitrogens with one attached hydrogen (secondary N) is 1. The summed E-state index contributed by atoms with van der Waals surface area (Å²) in [4.78, 5) is 13.9. The maximum absolute atomic E-state index is 11.7. The summed E-state index contributed by atoms with van der Waals surface area (Å²) in [5.74, 6) is -0.122. The van der Waals surface area contributed by atoms with E-state index in [2.05, 4.69) is 15.4 Å². The monoisotopic (exact) mass is 329 g/mol. The minimum absolute atomic E-state index is 0.122. The van der Waals surface area contributed by atoms with Crippen molar-refractivity contribution in [2.75, 3.05) is 32.8 Å². The summed E-state index contributed by atoms with van der Waals surface area (Å²) in [6, 6.07) is 5.09. The van der Waals surface area contributed by atoms with Crippen LogP contribution < -0.4 is 5.43 Å². The van der Waals surface area contributed by atoms with Crippen LogP contribution in [-0.4, -0.2) is 49.9 Å². The fourth-order valence-electron chi connectivity index (χ4n) is 1.92. The Kier molecular flexibility index (Phi) is 6.45. The lowest BCUT2D eigenvalue weighted by molar-refractivity contribution is -0.121. The molecule has 0 unspecified atom stereocenters. The first kappa shape index (κ1) is 16.2. The molecule has 0 atom stereocenters. The molecule has 1 N–H and O–H groups in total. The van der Waals surface area contributed by atoms with Crippen LogP contribution in [-0.2, 0) is 9.53 Å². The van der Waals surface area contributed by atoms with E-state index in [4.69, 9.17) is 27.9 Å². The minimum Gasteiger partial charge on any atom is -0.379 e. The molecule has 1 saturated heterocycles. The Morgan fingerprint density at radius 1 is 1.38 bits per heavy atom. The summed E-state index contributed by atoms with van der Waals surface area (Å²) in [5, 5.41) is 4.96.